The van der Waals surface area contributed by atoms with E-state index in [1.165, 1.54) is 12.1 Å². The Kier molecular flexibility index (Phi) is 9.15. The van der Waals surface area contributed by atoms with Gasteiger partial charge >= 0.3 is 0 Å². The molecule has 0 saturated carbocycles. The Hall–Kier alpha value is -1.88. The third-order valence-corrected chi connectivity index (χ3v) is 4.45. The molecule has 9 heteroatoms. The molecule has 1 aliphatic rings. The van der Waals surface area contributed by atoms with Crippen LogP contribution in [0.1, 0.15) is 25.5 Å². The maximum absolute atomic E-state index is 13.0. The van der Waals surface area contributed by atoms with Crippen LogP contribution in [0.2, 0.25) is 0 Å². The van der Waals surface area contributed by atoms with Gasteiger partial charge in [-0.15, -0.1) is 24.0 Å². The topological polar surface area (TPSA) is 63.9 Å². The predicted molar refractivity (Wildman–Crippen MR) is 121 cm³/mol. The van der Waals surface area contributed by atoms with Crippen LogP contribution in [0.4, 0.5) is 4.39 Å². The van der Waals surface area contributed by atoms with Gasteiger partial charge in [0.1, 0.15) is 23.8 Å². The summed E-state index contributed by atoms with van der Waals surface area (Å²) in [6, 6.07) is 6.03. The zero-order chi connectivity index (χ0) is 19.9. The smallest absolute Gasteiger partial charge is 0.194 e. The first-order valence-corrected chi connectivity index (χ1v) is 9.60. The van der Waals surface area contributed by atoms with Crippen molar-refractivity contribution in [3.63, 3.8) is 0 Å². The van der Waals surface area contributed by atoms with E-state index in [-0.39, 0.29) is 42.0 Å². The second-order valence-electron chi connectivity index (χ2n) is 6.83. The molecule has 1 aliphatic heterocycles. The Bertz CT molecular complexity index is 783. The van der Waals surface area contributed by atoms with Gasteiger partial charge in [0.15, 0.2) is 5.96 Å². The maximum Gasteiger partial charge on any atom is 0.194 e. The second-order valence-corrected chi connectivity index (χ2v) is 6.83. The van der Waals surface area contributed by atoms with Crippen LogP contribution in [-0.4, -0.2) is 59.5 Å². The summed E-state index contributed by atoms with van der Waals surface area (Å²) in [5, 5.41) is 7.59. The number of rotatable bonds is 6. The number of aryl methyl sites for hydroxylation is 1. The van der Waals surface area contributed by atoms with Crippen molar-refractivity contribution in [3.8, 4) is 5.75 Å². The number of nitrogens with one attached hydrogen (secondary N) is 1. The molecule has 1 aromatic heterocycles. The van der Waals surface area contributed by atoms with E-state index in [9.17, 15) is 4.39 Å². The molecule has 1 fully saturated rings. The minimum absolute atomic E-state index is 0. The quantitative estimate of drug-likeness (QED) is 0.363. The molecule has 1 saturated heterocycles. The van der Waals surface area contributed by atoms with Gasteiger partial charge in [-0.05, 0) is 38.1 Å². The number of ether oxygens (including phenoxy) is 2. The lowest BCUT2D eigenvalue weighted by Gasteiger charge is -2.35. The minimum atomic E-state index is -0.275. The molecule has 0 radical (unpaired) electrons. The van der Waals surface area contributed by atoms with E-state index in [4.69, 9.17) is 14.5 Å². The number of halogens is 2. The normalized spacial score (nSPS) is 18.1. The average Bonchev–Trinajstić information content (AvgIpc) is 3.13. The average molecular weight is 517 g/mol. The molecule has 0 aliphatic carbocycles. The van der Waals surface area contributed by atoms with Gasteiger partial charge in [0.2, 0.25) is 0 Å². The summed E-state index contributed by atoms with van der Waals surface area (Å²) in [5.74, 6) is 1.20. The number of guanidine groups is 1. The van der Waals surface area contributed by atoms with E-state index in [1.807, 2.05) is 33.3 Å². The zero-order valence-electron chi connectivity index (χ0n) is 17.0. The molecule has 0 bridgehead atoms. The molecule has 2 aromatic rings. The number of nitrogens with zero attached hydrogens (tertiary/aromatic N) is 4. The highest BCUT2D eigenvalue weighted by Gasteiger charge is 2.25. The number of aliphatic imine (C=N–C) groups is 1. The lowest BCUT2D eigenvalue weighted by Crippen LogP contribution is -2.48. The van der Waals surface area contributed by atoms with Crippen molar-refractivity contribution >= 4 is 29.9 Å². The summed E-state index contributed by atoms with van der Waals surface area (Å²) in [6.07, 6.45) is 3.67. The minimum Gasteiger partial charge on any atom is -0.489 e. The van der Waals surface area contributed by atoms with Crippen molar-refractivity contribution in [2.75, 3.05) is 32.8 Å². The molecular formula is C20H29FIN5O2. The van der Waals surface area contributed by atoms with Crippen molar-refractivity contribution in [2.45, 2.75) is 26.1 Å². The Balaban J connectivity index is 0.00000300. The predicted octanol–water partition coefficient (Wildman–Crippen LogP) is 2.98. The molecule has 2 atom stereocenters. The first kappa shape index (κ1) is 23.4. The van der Waals surface area contributed by atoms with Gasteiger partial charge in [0.05, 0.1) is 25.9 Å². The van der Waals surface area contributed by atoms with Gasteiger partial charge in [0.25, 0.3) is 0 Å². The number of aromatic nitrogens is 2. The van der Waals surface area contributed by atoms with E-state index < -0.39 is 0 Å². The van der Waals surface area contributed by atoms with Crippen molar-refractivity contribution in [1.82, 2.24) is 20.0 Å². The largest absolute Gasteiger partial charge is 0.489 e. The van der Waals surface area contributed by atoms with Crippen LogP contribution in [0.5, 0.6) is 5.75 Å². The highest BCUT2D eigenvalue weighted by atomic mass is 127. The first-order valence-electron chi connectivity index (χ1n) is 9.60. The fraction of sp³-hybridized carbons (Fsp3) is 0.500. The van der Waals surface area contributed by atoms with E-state index in [2.05, 4.69) is 15.3 Å². The van der Waals surface area contributed by atoms with Crippen LogP contribution in [0.3, 0.4) is 0 Å². The van der Waals surface area contributed by atoms with Crippen LogP contribution in [0.25, 0.3) is 0 Å². The van der Waals surface area contributed by atoms with Crippen molar-refractivity contribution < 1.29 is 13.9 Å². The summed E-state index contributed by atoms with van der Waals surface area (Å²) >= 11 is 0. The van der Waals surface area contributed by atoms with Gasteiger partial charge < -0.3 is 19.7 Å². The van der Waals surface area contributed by atoms with Crippen molar-refractivity contribution in [3.05, 3.63) is 48.0 Å². The Morgan fingerprint density at radius 2 is 2.17 bits per heavy atom. The van der Waals surface area contributed by atoms with E-state index >= 15 is 0 Å². The maximum atomic E-state index is 13.0. The summed E-state index contributed by atoms with van der Waals surface area (Å²) < 4.78 is 26.5. The van der Waals surface area contributed by atoms with Crippen LogP contribution in [-0.2, 0) is 11.8 Å². The standard InChI is InChI=1S/C20H28FN5O2.HI/c1-4-22-20(23-11-15(2)28-18-7-5-17(21)6-8-18)26-9-10-27-19(14-26)16-12-24-25(3)13-16;/h5-8,12-13,15,19H,4,9-11,14H2,1-3H3,(H,22,23);1H. The summed E-state index contributed by atoms with van der Waals surface area (Å²) in [6.45, 7) is 7.39. The number of benzene rings is 1. The van der Waals surface area contributed by atoms with Crippen molar-refractivity contribution in [2.24, 2.45) is 12.0 Å². The monoisotopic (exact) mass is 517 g/mol. The molecule has 2 unspecified atom stereocenters. The van der Waals surface area contributed by atoms with Crippen molar-refractivity contribution in [1.29, 1.82) is 0 Å². The highest BCUT2D eigenvalue weighted by molar-refractivity contribution is 14.0. The molecule has 1 aromatic carbocycles. The van der Waals surface area contributed by atoms with E-state index in [0.717, 1.165) is 24.6 Å². The molecule has 0 amide bonds. The van der Waals surface area contributed by atoms with Gasteiger partial charge in [-0.3, -0.25) is 4.68 Å². The third kappa shape index (κ3) is 6.84. The van der Waals surface area contributed by atoms with Gasteiger partial charge in [0, 0.05) is 31.9 Å². The van der Waals surface area contributed by atoms with Gasteiger partial charge in [-0.1, -0.05) is 0 Å². The fourth-order valence-corrected chi connectivity index (χ4v) is 3.07. The van der Waals surface area contributed by atoms with Crippen LogP contribution < -0.4 is 10.1 Å². The molecule has 29 heavy (non-hydrogen) atoms. The number of morpholine rings is 1. The van der Waals surface area contributed by atoms with Crippen LogP contribution in [0, 0.1) is 5.82 Å². The molecular weight excluding hydrogens is 488 g/mol. The molecule has 3 rings (SSSR count). The third-order valence-electron chi connectivity index (χ3n) is 4.45. The Morgan fingerprint density at radius 3 is 2.83 bits per heavy atom. The summed E-state index contributed by atoms with van der Waals surface area (Å²) in [7, 11) is 1.90. The molecule has 160 valence electrons. The van der Waals surface area contributed by atoms with Gasteiger partial charge in [-0.2, -0.15) is 5.10 Å². The van der Waals surface area contributed by atoms with E-state index in [0.29, 0.717) is 25.4 Å². The summed E-state index contributed by atoms with van der Waals surface area (Å²) in [5.41, 5.74) is 1.07. The molecule has 1 N–H and O–H groups in total. The lowest BCUT2D eigenvalue weighted by molar-refractivity contribution is -0.00808. The Morgan fingerprint density at radius 1 is 1.41 bits per heavy atom. The second kappa shape index (κ2) is 11.3. The number of hydrogen-bond acceptors (Lipinski definition) is 4. The van der Waals surface area contributed by atoms with E-state index in [1.54, 1.807) is 16.8 Å². The van der Waals surface area contributed by atoms with Gasteiger partial charge in [-0.25, -0.2) is 9.38 Å². The Labute approximate surface area is 188 Å². The van der Waals surface area contributed by atoms with Crippen LogP contribution >= 0.6 is 24.0 Å². The molecule has 2 heterocycles. The van der Waals surface area contributed by atoms with Crippen LogP contribution in [0.15, 0.2) is 41.7 Å². The molecule has 0 spiro atoms. The highest BCUT2D eigenvalue weighted by Crippen LogP contribution is 2.21. The SMILES string of the molecule is CCNC(=NCC(C)Oc1ccc(F)cc1)N1CCOC(c2cnn(C)c2)C1.I. The first-order chi connectivity index (χ1) is 13.5. The lowest BCUT2D eigenvalue weighted by atomic mass is 10.1. The summed E-state index contributed by atoms with van der Waals surface area (Å²) in [4.78, 5) is 6.94. The molecule has 7 nitrogen and oxygen atoms in total. The number of hydrogen-bond donors (Lipinski definition) is 1. The zero-order valence-corrected chi connectivity index (χ0v) is 19.4. The fourth-order valence-electron chi connectivity index (χ4n) is 3.07.